The first-order valence-electron chi connectivity index (χ1n) is 5.41. The monoisotopic (exact) mass is 364 g/mol. The van der Waals surface area contributed by atoms with Crippen LogP contribution in [0.1, 0.15) is 12.8 Å². The topological polar surface area (TPSA) is 253 Å². The Morgan fingerprint density at radius 3 is 1.17 bits per heavy atom. The molecule has 0 heterocycles. The molecule has 0 aromatic carbocycles. The minimum atomic E-state index is -2.74. The maximum Gasteiger partial charge on any atom is 2.00 e. The normalized spacial score (nSPS) is 12.5. The minimum absolute atomic E-state index is 0. The first-order valence-corrected chi connectivity index (χ1v) is 5.41. The molecule has 14 heteroatoms. The SMILES string of the molecule is O=C(O)CC(O)(CC(=O)O)C(=O)O.O=C([O-])C(O)C(O)C(=O)[O-].[Mg+2]. The quantitative estimate of drug-likeness (QED) is 0.219. The van der Waals surface area contributed by atoms with Crippen molar-refractivity contribution in [1.29, 1.82) is 0 Å². The molecule has 0 aliphatic carbocycles. The maximum absolute atomic E-state index is 10.3. The fourth-order valence-electron chi connectivity index (χ4n) is 0.972. The summed E-state index contributed by atoms with van der Waals surface area (Å²) < 4.78 is 0. The van der Waals surface area contributed by atoms with Gasteiger partial charge in [-0.05, 0) is 0 Å². The molecule has 0 spiro atoms. The predicted molar refractivity (Wildman–Crippen MR) is 64.9 cm³/mol. The van der Waals surface area contributed by atoms with E-state index in [4.69, 9.17) is 30.6 Å². The van der Waals surface area contributed by atoms with E-state index in [-0.39, 0.29) is 23.1 Å². The van der Waals surface area contributed by atoms with Crippen molar-refractivity contribution in [1.82, 2.24) is 0 Å². The summed E-state index contributed by atoms with van der Waals surface area (Å²) in [6.45, 7) is 0. The van der Waals surface area contributed by atoms with Gasteiger partial charge in [0.05, 0.1) is 24.8 Å². The van der Waals surface area contributed by atoms with Crippen LogP contribution in [-0.4, -0.2) is 101 Å². The zero-order valence-electron chi connectivity index (χ0n) is 11.8. The van der Waals surface area contributed by atoms with Gasteiger partial charge in [-0.15, -0.1) is 0 Å². The van der Waals surface area contributed by atoms with Crippen molar-refractivity contribution in [2.45, 2.75) is 30.7 Å². The van der Waals surface area contributed by atoms with E-state index in [2.05, 4.69) is 0 Å². The van der Waals surface area contributed by atoms with Gasteiger partial charge >= 0.3 is 41.0 Å². The number of hydrogen-bond donors (Lipinski definition) is 6. The molecule has 0 amide bonds. The largest absolute Gasteiger partial charge is 2.00 e. The van der Waals surface area contributed by atoms with Gasteiger partial charge in [0.15, 0.2) is 5.60 Å². The number of carbonyl (C=O) groups is 5. The molecule has 0 aromatic rings. The average molecular weight is 364 g/mol. The number of carboxylic acids is 5. The molecular weight excluding hydrogens is 352 g/mol. The van der Waals surface area contributed by atoms with E-state index < -0.39 is 60.5 Å². The van der Waals surface area contributed by atoms with E-state index in [9.17, 15) is 34.2 Å². The Morgan fingerprint density at radius 1 is 0.792 bits per heavy atom. The molecule has 6 N–H and O–H groups in total. The summed E-state index contributed by atoms with van der Waals surface area (Å²) in [7, 11) is 0. The predicted octanol–water partition coefficient (Wildman–Crippen LogP) is -6.42. The van der Waals surface area contributed by atoms with Gasteiger partial charge in [-0.25, -0.2) is 4.79 Å². The first kappa shape index (κ1) is 26.9. The molecule has 24 heavy (non-hydrogen) atoms. The Bertz CT molecular complexity index is 453. The van der Waals surface area contributed by atoms with Crippen molar-refractivity contribution in [2.75, 3.05) is 0 Å². The van der Waals surface area contributed by atoms with Crippen LogP contribution in [0.2, 0.25) is 0 Å². The van der Waals surface area contributed by atoms with Crippen molar-refractivity contribution < 1.29 is 64.8 Å². The molecule has 0 saturated carbocycles. The summed E-state index contributed by atoms with van der Waals surface area (Å²) in [6, 6.07) is 0. The smallest absolute Gasteiger partial charge is 0.547 e. The van der Waals surface area contributed by atoms with Gasteiger partial charge in [-0.3, -0.25) is 9.59 Å². The average Bonchev–Trinajstić information content (AvgIpc) is 2.35. The van der Waals surface area contributed by atoms with Gasteiger partial charge in [-0.2, -0.15) is 0 Å². The Hall–Kier alpha value is -2.00. The van der Waals surface area contributed by atoms with Gasteiger partial charge in [0.1, 0.15) is 12.2 Å². The Labute approximate surface area is 148 Å². The molecule has 2 unspecified atom stereocenters. The van der Waals surface area contributed by atoms with Crippen molar-refractivity contribution in [3.63, 3.8) is 0 Å². The van der Waals surface area contributed by atoms with Gasteiger partial charge in [0, 0.05) is 0 Å². The zero-order valence-corrected chi connectivity index (χ0v) is 13.2. The van der Waals surface area contributed by atoms with E-state index in [1.165, 1.54) is 0 Å². The molecular formula is C10H12MgO13. The van der Waals surface area contributed by atoms with Gasteiger partial charge in [0.2, 0.25) is 0 Å². The summed E-state index contributed by atoms with van der Waals surface area (Å²) in [5, 5.41) is 69.5. The Balaban J connectivity index is -0.000000364. The summed E-state index contributed by atoms with van der Waals surface area (Å²) >= 11 is 0. The molecule has 0 aliphatic rings. The van der Waals surface area contributed by atoms with Gasteiger partial charge in [-0.1, -0.05) is 0 Å². The van der Waals surface area contributed by atoms with Crippen LogP contribution in [0, 0.1) is 0 Å². The van der Waals surface area contributed by atoms with Crippen LogP contribution in [0.15, 0.2) is 0 Å². The van der Waals surface area contributed by atoms with E-state index >= 15 is 0 Å². The number of aliphatic hydroxyl groups excluding tert-OH is 2. The van der Waals surface area contributed by atoms with Crippen molar-refractivity contribution in [2.24, 2.45) is 0 Å². The van der Waals surface area contributed by atoms with Crippen LogP contribution in [0.4, 0.5) is 0 Å². The van der Waals surface area contributed by atoms with E-state index in [1.54, 1.807) is 0 Å². The second-order valence-corrected chi connectivity index (χ2v) is 4.01. The second kappa shape index (κ2) is 11.5. The van der Waals surface area contributed by atoms with Crippen molar-refractivity contribution >= 4 is 52.9 Å². The second-order valence-electron chi connectivity index (χ2n) is 4.01. The standard InChI is InChI=1S/C6H8O7.C4H6O6.Mg/c7-3(8)1-6(13,5(11)12)2-4(9)10;5-1(3(7)8)2(6)4(9)10;/h13H,1-2H2,(H,7,8)(H,9,10)(H,11,12);1-2,5-6H,(H,7,8)(H,9,10);/q;;+2/p-2. The first-order chi connectivity index (χ1) is 10.2. The fraction of sp³-hybridized carbons (Fsp3) is 0.500. The van der Waals surface area contributed by atoms with Crippen LogP contribution in [-0.2, 0) is 24.0 Å². The summed E-state index contributed by atoms with van der Waals surface area (Å²) in [6.07, 6.45) is -7.17. The Kier molecular flexibility index (Phi) is 12.9. The molecule has 13 nitrogen and oxygen atoms in total. The molecule has 0 saturated heterocycles. The summed E-state index contributed by atoms with van der Waals surface area (Å²) in [5.74, 6) is -9.14. The number of aliphatic carboxylic acids is 5. The van der Waals surface area contributed by atoms with E-state index in [1.807, 2.05) is 0 Å². The number of carboxylic acid groups (broad SMARTS) is 5. The number of carbonyl (C=O) groups excluding carboxylic acids is 2. The third-order valence-electron chi connectivity index (χ3n) is 2.07. The summed E-state index contributed by atoms with van der Waals surface area (Å²) in [5.41, 5.74) is -2.74. The summed E-state index contributed by atoms with van der Waals surface area (Å²) in [4.78, 5) is 49.8. The molecule has 132 valence electrons. The third-order valence-corrected chi connectivity index (χ3v) is 2.07. The zero-order chi connectivity index (χ0) is 19.0. The van der Waals surface area contributed by atoms with Gasteiger partial charge in [0.25, 0.3) is 0 Å². The molecule has 2 atom stereocenters. The van der Waals surface area contributed by atoms with E-state index in [0.717, 1.165) is 0 Å². The molecule has 0 rings (SSSR count). The maximum atomic E-state index is 10.3. The van der Waals surface area contributed by atoms with Crippen LogP contribution >= 0.6 is 0 Å². The minimum Gasteiger partial charge on any atom is -0.547 e. The Morgan fingerprint density at radius 2 is 1.04 bits per heavy atom. The number of aliphatic hydroxyl groups is 3. The molecule has 0 fully saturated rings. The van der Waals surface area contributed by atoms with Crippen LogP contribution in [0.5, 0.6) is 0 Å². The number of hydrogen-bond acceptors (Lipinski definition) is 10. The molecule has 0 aromatic heterocycles. The fourth-order valence-corrected chi connectivity index (χ4v) is 0.972. The molecule has 0 aliphatic heterocycles. The van der Waals surface area contributed by atoms with E-state index in [0.29, 0.717) is 0 Å². The molecule has 0 radical (unpaired) electrons. The van der Waals surface area contributed by atoms with Crippen molar-refractivity contribution in [3.8, 4) is 0 Å². The van der Waals surface area contributed by atoms with Crippen molar-refractivity contribution in [3.05, 3.63) is 0 Å². The van der Waals surface area contributed by atoms with Crippen LogP contribution in [0.25, 0.3) is 0 Å². The van der Waals surface area contributed by atoms with Crippen LogP contribution < -0.4 is 10.2 Å². The third kappa shape index (κ3) is 10.7. The van der Waals surface area contributed by atoms with Crippen LogP contribution in [0.3, 0.4) is 0 Å². The van der Waals surface area contributed by atoms with Gasteiger partial charge < -0.3 is 50.4 Å². The molecule has 0 bridgehead atoms. The number of rotatable bonds is 8.